The molecule has 0 atom stereocenters. The summed E-state index contributed by atoms with van der Waals surface area (Å²) >= 11 is 3.67. The van der Waals surface area contributed by atoms with Gasteiger partial charge in [-0.3, -0.25) is 4.79 Å². The Morgan fingerprint density at radius 3 is 2.60 bits per heavy atom. The Balaban J connectivity index is 2.28. The van der Waals surface area contributed by atoms with E-state index in [-0.39, 0.29) is 5.91 Å². The van der Waals surface area contributed by atoms with Crippen LogP contribution in [0.4, 0.5) is 4.79 Å². The summed E-state index contributed by atoms with van der Waals surface area (Å²) in [5.74, 6) is -0.138. The van der Waals surface area contributed by atoms with E-state index in [0.717, 1.165) is 2.88 Å². The molecule has 0 spiro atoms. The van der Waals surface area contributed by atoms with Crippen LogP contribution in [0.15, 0.2) is 11.4 Å². The summed E-state index contributed by atoms with van der Waals surface area (Å²) in [5.41, 5.74) is 5.50. The molecular weight excluding hydrogens is 329 g/mol. The summed E-state index contributed by atoms with van der Waals surface area (Å²) in [6.45, 7) is 0.705. The maximum Gasteiger partial charge on any atom is 0.312 e. The van der Waals surface area contributed by atoms with Crippen molar-refractivity contribution >= 4 is 45.9 Å². The molecule has 0 fully saturated rings. The first-order valence-electron chi connectivity index (χ1n) is 4.15. The van der Waals surface area contributed by atoms with Crippen LogP contribution in [0, 0.1) is 2.88 Å². The molecule has 0 radical (unpaired) electrons. The van der Waals surface area contributed by atoms with Crippen LogP contribution < -0.4 is 16.4 Å². The largest absolute Gasteiger partial charge is 0.352 e. The summed E-state index contributed by atoms with van der Waals surface area (Å²) in [5, 5.41) is 6.83. The lowest BCUT2D eigenvalue weighted by Gasteiger charge is -2.03. The smallest absolute Gasteiger partial charge is 0.312 e. The van der Waals surface area contributed by atoms with Gasteiger partial charge in [-0.2, -0.15) is 0 Å². The molecule has 0 unspecified atom stereocenters. The quantitative estimate of drug-likeness (QED) is 0.559. The van der Waals surface area contributed by atoms with Crippen molar-refractivity contribution in [2.24, 2.45) is 5.73 Å². The van der Waals surface area contributed by atoms with Crippen molar-refractivity contribution in [2.45, 2.75) is 0 Å². The van der Waals surface area contributed by atoms with Crippen molar-refractivity contribution in [2.75, 3.05) is 13.1 Å². The normalized spacial score (nSPS) is 9.67. The van der Waals surface area contributed by atoms with E-state index in [1.807, 2.05) is 6.07 Å². The van der Waals surface area contributed by atoms with Crippen LogP contribution in [-0.4, -0.2) is 25.0 Å². The van der Waals surface area contributed by atoms with Crippen LogP contribution in [0.3, 0.4) is 0 Å². The monoisotopic (exact) mass is 339 g/mol. The predicted molar refractivity (Wildman–Crippen MR) is 67.0 cm³/mol. The fraction of sp³-hybridized carbons (Fsp3) is 0.250. The summed E-state index contributed by atoms with van der Waals surface area (Å²) < 4.78 is 1.06. The van der Waals surface area contributed by atoms with Crippen molar-refractivity contribution in [1.29, 1.82) is 0 Å². The van der Waals surface area contributed by atoms with Crippen molar-refractivity contribution < 1.29 is 9.59 Å². The molecule has 0 aromatic carbocycles. The summed E-state index contributed by atoms with van der Waals surface area (Å²) in [7, 11) is 0. The molecule has 82 valence electrons. The molecule has 0 bridgehead atoms. The Morgan fingerprint density at radius 2 is 2.07 bits per heavy atom. The third kappa shape index (κ3) is 4.47. The highest BCUT2D eigenvalue weighted by Gasteiger charge is 2.06. The zero-order valence-corrected chi connectivity index (χ0v) is 10.7. The molecule has 4 N–H and O–H groups in total. The zero-order valence-electron chi connectivity index (χ0n) is 7.75. The van der Waals surface area contributed by atoms with Gasteiger partial charge in [-0.1, -0.05) is 0 Å². The third-order valence-corrected chi connectivity index (χ3v) is 3.33. The number of urea groups is 1. The number of amides is 3. The molecule has 3 amide bonds. The van der Waals surface area contributed by atoms with Crippen LogP contribution in [0.25, 0.3) is 0 Å². The molecule has 0 aliphatic heterocycles. The van der Waals surface area contributed by atoms with E-state index >= 15 is 0 Å². The third-order valence-electron chi connectivity index (χ3n) is 1.54. The van der Waals surface area contributed by atoms with Crippen LogP contribution in [-0.2, 0) is 0 Å². The molecule has 7 heteroatoms. The topological polar surface area (TPSA) is 84.2 Å². The average Bonchev–Trinajstić information content (AvgIpc) is 2.59. The SMILES string of the molecule is NC(=O)NCCNC(=O)c1csc(I)c1. The van der Waals surface area contributed by atoms with E-state index < -0.39 is 6.03 Å². The standard InChI is InChI=1S/C8H10IN3O2S/c9-6-3-5(4-15-6)7(13)11-1-2-12-8(10)14/h3-4H,1-2H2,(H,11,13)(H3,10,12,14). The van der Waals surface area contributed by atoms with E-state index in [1.165, 1.54) is 11.3 Å². The van der Waals surface area contributed by atoms with Gasteiger partial charge < -0.3 is 16.4 Å². The van der Waals surface area contributed by atoms with Gasteiger partial charge in [0.25, 0.3) is 5.91 Å². The highest BCUT2D eigenvalue weighted by Crippen LogP contribution is 2.16. The van der Waals surface area contributed by atoms with Crippen molar-refractivity contribution in [1.82, 2.24) is 10.6 Å². The Labute approximate surface area is 105 Å². The predicted octanol–water partition coefficient (Wildman–Crippen LogP) is 0.751. The number of thiophene rings is 1. The minimum atomic E-state index is -0.589. The Hall–Kier alpha value is -0.830. The highest BCUT2D eigenvalue weighted by atomic mass is 127. The Bertz CT molecular complexity index is 367. The number of nitrogens with two attached hydrogens (primary N) is 1. The molecule has 0 saturated heterocycles. The second-order valence-corrected chi connectivity index (χ2v) is 5.49. The molecule has 0 saturated carbocycles. The van der Waals surface area contributed by atoms with Crippen LogP contribution in [0.5, 0.6) is 0 Å². The number of hydrogen-bond donors (Lipinski definition) is 3. The van der Waals surface area contributed by atoms with Gasteiger partial charge in [0.15, 0.2) is 0 Å². The molecule has 0 aliphatic rings. The fourth-order valence-electron chi connectivity index (χ4n) is 0.893. The second-order valence-electron chi connectivity index (χ2n) is 2.69. The van der Waals surface area contributed by atoms with Gasteiger partial charge in [-0.15, -0.1) is 11.3 Å². The van der Waals surface area contributed by atoms with Gasteiger partial charge in [0.2, 0.25) is 0 Å². The molecule has 1 heterocycles. The van der Waals surface area contributed by atoms with E-state index in [4.69, 9.17) is 5.73 Å². The van der Waals surface area contributed by atoms with E-state index in [9.17, 15) is 9.59 Å². The van der Waals surface area contributed by atoms with Gasteiger partial charge in [0, 0.05) is 18.5 Å². The molecule has 1 aromatic rings. The fourth-order valence-corrected chi connectivity index (χ4v) is 2.22. The number of nitrogens with one attached hydrogen (secondary N) is 2. The van der Waals surface area contributed by atoms with E-state index in [1.54, 1.807) is 5.38 Å². The lowest BCUT2D eigenvalue weighted by atomic mass is 10.3. The summed E-state index contributed by atoms with van der Waals surface area (Å²) in [6, 6.07) is 1.22. The first kappa shape index (κ1) is 12.2. The summed E-state index contributed by atoms with van der Waals surface area (Å²) in [6.07, 6.45) is 0. The van der Waals surface area contributed by atoms with Gasteiger partial charge in [0.05, 0.1) is 8.45 Å². The lowest BCUT2D eigenvalue weighted by Crippen LogP contribution is -2.37. The minimum Gasteiger partial charge on any atom is -0.352 e. The summed E-state index contributed by atoms with van der Waals surface area (Å²) in [4.78, 5) is 21.8. The van der Waals surface area contributed by atoms with Gasteiger partial charge in [0.1, 0.15) is 0 Å². The number of carbonyl (C=O) groups excluding carboxylic acids is 2. The molecule has 0 aliphatic carbocycles. The molecule has 15 heavy (non-hydrogen) atoms. The van der Waals surface area contributed by atoms with Crippen molar-refractivity contribution in [3.63, 3.8) is 0 Å². The first-order valence-corrected chi connectivity index (χ1v) is 6.11. The van der Waals surface area contributed by atoms with E-state index in [0.29, 0.717) is 18.7 Å². The molecule has 1 rings (SSSR count). The van der Waals surface area contributed by atoms with Crippen molar-refractivity contribution in [3.05, 3.63) is 19.9 Å². The molecule has 1 aromatic heterocycles. The van der Waals surface area contributed by atoms with Crippen LogP contribution >= 0.6 is 33.9 Å². The Morgan fingerprint density at radius 1 is 1.40 bits per heavy atom. The second kappa shape index (κ2) is 5.91. The Kier molecular flexibility index (Phi) is 4.82. The maximum atomic E-state index is 11.5. The number of primary amides is 1. The molecule has 5 nitrogen and oxygen atoms in total. The van der Waals surface area contributed by atoms with Gasteiger partial charge >= 0.3 is 6.03 Å². The number of rotatable bonds is 4. The van der Waals surface area contributed by atoms with Crippen molar-refractivity contribution in [3.8, 4) is 0 Å². The molecular formula is C8H10IN3O2S. The first-order chi connectivity index (χ1) is 7.09. The van der Waals surface area contributed by atoms with Gasteiger partial charge in [-0.25, -0.2) is 4.79 Å². The number of halogens is 1. The van der Waals surface area contributed by atoms with Gasteiger partial charge in [-0.05, 0) is 28.7 Å². The van der Waals surface area contributed by atoms with Crippen LogP contribution in [0.2, 0.25) is 0 Å². The lowest BCUT2D eigenvalue weighted by molar-refractivity contribution is 0.0954. The zero-order chi connectivity index (χ0) is 11.3. The number of carbonyl (C=O) groups is 2. The maximum absolute atomic E-state index is 11.5. The van der Waals surface area contributed by atoms with E-state index in [2.05, 4.69) is 33.2 Å². The average molecular weight is 339 g/mol. The highest BCUT2D eigenvalue weighted by molar-refractivity contribution is 14.1. The number of hydrogen-bond acceptors (Lipinski definition) is 3. The van der Waals surface area contributed by atoms with Crippen LogP contribution in [0.1, 0.15) is 10.4 Å². The minimum absolute atomic E-state index is 0.138.